The molecule has 3 heterocycles. The van der Waals surface area contributed by atoms with E-state index in [2.05, 4.69) is 108 Å². The van der Waals surface area contributed by atoms with Gasteiger partial charge in [-0.3, -0.25) is 0 Å². The van der Waals surface area contributed by atoms with E-state index in [0.717, 1.165) is 28.1 Å². The molecule has 0 spiro atoms. The SMILES string of the molecule is [2H]C(C)(C)c1ccnc(-c2[c-]ccc3c2sc2cc(-c4c(C)cccc4C)ccc23)c1.[CH3][Ge]([CH3])([CH3])[c]1ccc(-c2[c-]cccc2)nc1.[Ir]. The van der Waals surface area contributed by atoms with Crippen molar-refractivity contribution in [2.45, 2.75) is 50.9 Å². The molecular formula is C42H40GeIrN2S-2. The van der Waals surface area contributed by atoms with Gasteiger partial charge in [0, 0.05) is 32.4 Å². The van der Waals surface area contributed by atoms with Crippen LogP contribution in [-0.4, -0.2) is 23.2 Å². The summed E-state index contributed by atoms with van der Waals surface area (Å²) in [6.45, 7) is 8.17. The molecule has 2 nitrogen and oxygen atoms in total. The van der Waals surface area contributed by atoms with Gasteiger partial charge in [-0.2, -0.15) is 11.3 Å². The van der Waals surface area contributed by atoms with Crippen molar-refractivity contribution in [1.82, 2.24) is 9.97 Å². The Bertz CT molecular complexity index is 2160. The quantitative estimate of drug-likeness (QED) is 0.127. The number of aromatic nitrogens is 2. The van der Waals surface area contributed by atoms with Crippen LogP contribution in [0.25, 0.3) is 53.8 Å². The summed E-state index contributed by atoms with van der Waals surface area (Å²) in [5, 5.41) is 2.50. The van der Waals surface area contributed by atoms with E-state index >= 15 is 0 Å². The second kappa shape index (κ2) is 14.8. The van der Waals surface area contributed by atoms with Crippen LogP contribution in [0, 0.1) is 26.0 Å². The van der Waals surface area contributed by atoms with E-state index in [-0.39, 0.29) is 20.1 Å². The van der Waals surface area contributed by atoms with E-state index in [1.807, 2.05) is 62.5 Å². The summed E-state index contributed by atoms with van der Waals surface area (Å²) < 4.78 is 12.3. The Hall–Kier alpha value is -3.41. The molecule has 0 saturated carbocycles. The molecule has 239 valence electrons. The molecular weight excluding hydrogens is 829 g/mol. The zero-order valence-electron chi connectivity index (χ0n) is 29.0. The predicted octanol–water partition coefficient (Wildman–Crippen LogP) is 11.4. The van der Waals surface area contributed by atoms with E-state index in [1.165, 1.54) is 46.8 Å². The standard InChI is InChI=1S/C28H24NS.C14H16GeN.Ir/c1-17(2)20-13-14-29-25(15-20)24-10-6-9-23-22-12-11-21(16-26(22)30-28(23)24)27-18(3)7-5-8-19(27)4;1-15(2,3)13-9-10-14(16-11-13)12-7-5-4-6-8-12;/h5-9,11-17H,1-4H3;4-7,9-11H,1-3H3;/q2*-1;/i17D;;. The molecule has 0 fully saturated rings. The van der Waals surface area contributed by atoms with E-state index in [4.69, 9.17) is 1.37 Å². The van der Waals surface area contributed by atoms with Gasteiger partial charge in [-0.25, -0.2) is 0 Å². The molecule has 0 amide bonds. The molecule has 47 heavy (non-hydrogen) atoms. The van der Waals surface area contributed by atoms with Gasteiger partial charge in [-0.05, 0) is 69.9 Å². The molecule has 0 N–H and O–H groups in total. The topological polar surface area (TPSA) is 25.8 Å². The summed E-state index contributed by atoms with van der Waals surface area (Å²) in [7, 11) is 0. The molecule has 7 aromatic rings. The van der Waals surface area contributed by atoms with Crippen molar-refractivity contribution in [3.05, 3.63) is 138 Å². The number of hydrogen-bond acceptors (Lipinski definition) is 3. The first-order chi connectivity index (χ1) is 22.4. The number of hydrogen-bond donors (Lipinski definition) is 0. The average Bonchev–Trinajstić information content (AvgIpc) is 3.43. The van der Waals surface area contributed by atoms with Gasteiger partial charge in [0.15, 0.2) is 0 Å². The molecule has 7 rings (SSSR count). The maximum absolute atomic E-state index is 8.39. The fraction of sp³-hybridized carbons (Fsp3) is 0.190. The molecule has 5 heteroatoms. The number of pyridine rings is 2. The minimum atomic E-state index is -1.72. The Morgan fingerprint density at radius 1 is 0.766 bits per heavy atom. The first-order valence-electron chi connectivity index (χ1n) is 16.2. The van der Waals surface area contributed by atoms with Gasteiger partial charge in [0.25, 0.3) is 0 Å². The third-order valence-electron chi connectivity index (χ3n) is 8.41. The fourth-order valence-electron chi connectivity index (χ4n) is 5.78. The van der Waals surface area contributed by atoms with Crippen LogP contribution in [0.1, 0.15) is 37.8 Å². The first kappa shape index (κ1) is 33.5. The largest absolute Gasteiger partial charge is 0 e. The van der Waals surface area contributed by atoms with Crippen molar-refractivity contribution in [3.8, 4) is 33.6 Å². The van der Waals surface area contributed by atoms with E-state index < -0.39 is 19.2 Å². The van der Waals surface area contributed by atoms with E-state index in [1.54, 1.807) is 17.5 Å². The zero-order chi connectivity index (χ0) is 33.3. The van der Waals surface area contributed by atoms with Crippen LogP contribution in [0.4, 0.5) is 0 Å². The van der Waals surface area contributed by atoms with Crippen LogP contribution in [0.5, 0.6) is 0 Å². The Morgan fingerprint density at radius 3 is 2.21 bits per heavy atom. The fourth-order valence-corrected chi connectivity index (χ4v) is 9.20. The van der Waals surface area contributed by atoms with Crippen LogP contribution >= 0.6 is 11.3 Å². The maximum Gasteiger partial charge on any atom is 0 e. The Morgan fingerprint density at radius 2 is 1.55 bits per heavy atom. The first-order valence-corrected chi connectivity index (χ1v) is 23.9. The summed E-state index contributed by atoms with van der Waals surface area (Å²) >= 11 is 0.0830. The van der Waals surface area contributed by atoms with Crippen molar-refractivity contribution >= 4 is 49.2 Å². The molecule has 4 aromatic carbocycles. The normalized spacial score (nSPS) is 11.9. The van der Waals surface area contributed by atoms with Crippen LogP contribution in [0.15, 0.2) is 109 Å². The van der Waals surface area contributed by atoms with Gasteiger partial charge < -0.3 is 4.98 Å². The zero-order valence-corrected chi connectivity index (χ0v) is 33.3. The van der Waals surface area contributed by atoms with Crippen LogP contribution in [-0.2, 0) is 20.1 Å². The number of aryl methyl sites for hydroxylation is 2. The van der Waals surface area contributed by atoms with Gasteiger partial charge in [0.05, 0.1) is 0 Å². The number of nitrogens with zero attached hydrogens (tertiary/aromatic N) is 2. The second-order valence-electron chi connectivity index (χ2n) is 13.1. The van der Waals surface area contributed by atoms with E-state index in [0.29, 0.717) is 0 Å². The van der Waals surface area contributed by atoms with Crippen LogP contribution in [0.3, 0.4) is 0 Å². The smallest absolute Gasteiger partial charge is 0 e. The predicted molar refractivity (Wildman–Crippen MR) is 202 cm³/mol. The van der Waals surface area contributed by atoms with Crippen molar-refractivity contribution < 1.29 is 21.5 Å². The summed E-state index contributed by atoms with van der Waals surface area (Å²) in [6.07, 6.45) is 3.84. The summed E-state index contributed by atoms with van der Waals surface area (Å²) in [5.74, 6) is 6.48. The molecule has 0 aliphatic heterocycles. The summed E-state index contributed by atoms with van der Waals surface area (Å²) in [5.41, 5.74) is 10.1. The summed E-state index contributed by atoms with van der Waals surface area (Å²) in [4.78, 5) is 9.15. The molecule has 0 saturated heterocycles. The average molecular weight is 871 g/mol. The van der Waals surface area contributed by atoms with Crippen molar-refractivity contribution in [2.75, 3.05) is 0 Å². The Balaban J connectivity index is 0.000000224. The minimum absolute atomic E-state index is 0. The number of fused-ring (bicyclic) bond motifs is 3. The van der Waals surface area contributed by atoms with Crippen molar-refractivity contribution in [1.29, 1.82) is 0 Å². The van der Waals surface area contributed by atoms with Crippen molar-refractivity contribution in [3.63, 3.8) is 0 Å². The maximum atomic E-state index is 8.39. The Labute approximate surface area is 301 Å². The van der Waals surface area contributed by atoms with Crippen molar-refractivity contribution in [2.24, 2.45) is 0 Å². The van der Waals surface area contributed by atoms with Gasteiger partial charge in [-0.1, -0.05) is 61.2 Å². The molecule has 0 unspecified atom stereocenters. The molecule has 3 aromatic heterocycles. The van der Waals surface area contributed by atoms with Gasteiger partial charge in [0.2, 0.25) is 0 Å². The Kier molecular flexibility index (Phi) is 10.5. The molecule has 0 aliphatic rings. The number of rotatable bonds is 5. The van der Waals surface area contributed by atoms with Gasteiger partial charge in [-0.15, -0.1) is 23.8 Å². The van der Waals surface area contributed by atoms with Crippen LogP contribution < -0.4 is 4.40 Å². The molecule has 0 atom stereocenters. The molecule has 0 bridgehead atoms. The third-order valence-corrected chi connectivity index (χ3v) is 13.9. The monoisotopic (exact) mass is 872 g/mol. The van der Waals surface area contributed by atoms with Gasteiger partial charge >= 0.3 is 99.8 Å². The number of thiophene rings is 1. The summed E-state index contributed by atoms with van der Waals surface area (Å²) in [6, 6.07) is 40.3. The third kappa shape index (κ3) is 7.68. The molecule has 0 aliphatic carbocycles. The number of benzene rings is 4. The minimum Gasteiger partial charge on any atom is 0 e. The van der Waals surface area contributed by atoms with Crippen LogP contribution in [0.2, 0.25) is 17.3 Å². The second-order valence-corrected chi connectivity index (χ2v) is 24.8. The molecule has 1 radical (unpaired) electrons. The van der Waals surface area contributed by atoms with E-state index in [9.17, 15) is 0 Å². The van der Waals surface area contributed by atoms with Gasteiger partial charge in [0.1, 0.15) is 0 Å².